The summed E-state index contributed by atoms with van der Waals surface area (Å²) >= 11 is 0. The molecule has 0 radical (unpaired) electrons. The van der Waals surface area contributed by atoms with Gasteiger partial charge < -0.3 is 9.64 Å². The van der Waals surface area contributed by atoms with Gasteiger partial charge in [-0.2, -0.15) is 0 Å². The second-order valence-corrected chi connectivity index (χ2v) is 4.65. The quantitative estimate of drug-likeness (QED) is 0.570. The molecule has 1 spiro atoms. The van der Waals surface area contributed by atoms with Crippen molar-refractivity contribution in [3.05, 3.63) is 0 Å². The highest BCUT2D eigenvalue weighted by Gasteiger charge is 2.34. The highest BCUT2D eigenvalue weighted by atomic mass is 16.5. The number of rotatable bonds is 0. The van der Waals surface area contributed by atoms with Crippen molar-refractivity contribution in [2.45, 2.75) is 44.1 Å². The van der Waals surface area contributed by atoms with Crippen molar-refractivity contribution in [3.63, 3.8) is 0 Å². The number of ether oxygens (including phenoxy) is 1. The Kier molecular flexibility index (Phi) is 2.89. The summed E-state index contributed by atoms with van der Waals surface area (Å²) in [6.45, 7) is 3.48. The predicted molar refractivity (Wildman–Crippen MR) is 53.9 cm³/mol. The van der Waals surface area contributed by atoms with Gasteiger partial charge in [-0.1, -0.05) is 0 Å². The van der Waals surface area contributed by atoms with Crippen molar-refractivity contribution in [2.24, 2.45) is 0 Å². The molecule has 0 aliphatic carbocycles. The van der Waals surface area contributed by atoms with Crippen LogP contribution in [0.1, 0.15) is 38.5 Å². The van der Waals surface area contributed by atoms with E-state index < -0.39 is 0 Å². The van der Waals surface area contributed by atoms with E-state index in [9.17, 15) is 0 Å². The first-order valence-corrected chi connectivity index (χ1v) is 5.63. The molecule has 2 nitrogen and oxygen atoms in total. The minimum atomic E-state index is 0.281. The van der Waals surface area contributed by atoms with Crippen molar-refractivity contribution in [1.82, 2.24) is 4.90 Å². The third-order valence-electron chi connectivity index (χ3n) is 3.56. The fourth-order valence-electron chi connectivity index (χ4n) is 2.61. The highest BCUT2D eigenvalue weighted by molar-refractivity contribution is 4.86. The van der Waals surface area contributed by atoms with E-state index in [0.717, 1.165) is 6.61 Å². The molecule has 1 atom stereocenters. The van der Waals surface area contributed by atoms with Gasteiger partial charge >= 0.3 is 0 Å². The van der Waals surface area contributed by atoms with Gasteiger partial charge in [-0.3, -0.25) is 0 Å². The summed E-state index contributed by atoms with van der Waals surface area (Å²) in [6.07, 6.45) is 7.82. The normalized spacial score (nSPS) is 37.6. The first-order chi connectivity index (χ1) is 6.31. The van der Waals surface area contributed by atoms with Crippen molar-refractivity contribution >= 4 is 0 Å². The van der Waals surface area contributed by atoms with Crippen molar-refractivity contribution in [3.8, 4) is 0 Å². The molecule has 2 fully saturated rings. The maximum Gasteiger partial charge on any atom is 0.0695 e. The maximum absolute atomic E-state index is 6.01. The third-order valence-corrected chi connectivity index (χ3v) is 3.56. The van der Waals surface area contributed by atoms with Crippen molar-refractivity contribution in [2.75, 3.05) is 26.7 Å². The van der Waals surface area contributed by atoms with Crippen LogP contribution in [0.3, 0.4) is 0 Å². The molecule has 2 rings (SSSR count). The van der Waals surface area contributed by atoms with Gasteiger partial charge in [0.2, 0.25) is 0 Å². The lowest BCUT2D eigenvalue weighted by Gasteiger charge is -2.36. The molecule has 0 aromatic rings. The van der Waals surface area contributed by atoms with Crippen LogP contribution in [-0.2, 0) is 4.74 Å². The van der Waals surface area contributed by atoms with Crippen LogP contribution in [0.2, 0.25) is 0 Å². The molecule has 1 unspecified atom stereocenters. The van der Waals surface area contributed by atoms with Crippen LogP contribution in [-0.4, -0.2) is 37.2 Å². The Balaban J connectivity index is 1.95. The second-order valence-electron chi connectivity index (χ2n) is 4.65. The molecule has 0 amide bonds. The van der Waals surface area contributed by atoms with Gasteiger partial charge in [-0.25, -0.2) is 0 Å². The minimum Gasteiger partial charge on any atom is -0.375 e. The Labute approximate surface area is 81.3 Å². The molecule has 2 saturated heterocycles. The summed E-state index contributed by atoms with van der Waals surface area (Å²) in [6, 6.07) is 0. The number of nitrogens with zero attached hydrogens (tertiary/aromatic N) is 1. The van der Waals surface area contributed by atoms with Crippen LogP contribution in [0.25, 0.3) is 0 Å². The van der Waals surface area contributed by atoms with Gasteiger partial charge in [-0.15, -0.1) is 0 Å². The van der Waals surface area contributed by atoms with E-state index in [1.54, 1.807) is 0 Å². The largest absolute Gasteiger partial charge is 0.375 e. The summed E-state index contributed by atoms with van der Waals surface area (Å²) < 4.78 is 6.01. The van der Waals surface area contributed by atoms with Crippen LogP contribution in [0.4, 0.5) is 0 Å². The van der Waals surface area contributed by atoms with Crippen molar-refractivity contribution < 1.29 is 4.74 Å². The van der Waals surface area contributed by atoms with Crippen LogP contribution < -0.4 is 0 Å². The molecule has 76 valence electrons. The molecule has 0 bridgehead atoms. The third kappa shape index (κ3) is 2.23. The highest BCUT2D eigenvalue weighted by Crippen LogP contribution is 2.34. The average Bonchev–Trinajstić information content (AvgIpc) is 2.32. The summed E-state index contributed by atoms with van der Waals surface area (Å²) in [7, 11) is 2.22. The molecule has 2 aliphatic heterocycles. The molecule has 13 heavy (non-hydrogen) atoms. The van der Waals surface area contributed by atoms with E-state index in [1.807, 2.05) is 0 Å². The average molecular weight is 183 g/mol. The van der Waals surface area contributed by atoms with E-state index in [2.05, 4.69) is 11.9 Å². The molecular formula is C11H21NO. The maximum atomic E-state index is 6.01. The molecular weight excluding hydrogens is 162 g/mol. The van der Waals surface area contributed by atoms with Gasteiger partial charge in [0.25, 0.3) is 0 Å². The number of likely N-dealkylation sites (tertiary alicyclic amines) is 1. The summed E-state index contributed by atoms with van der Waals surface area (Å²) in [4.78, 5) is 2.44. The van der Waals surface area contributed by atoms with Gasteiger partial charge in [0.05, 0.1) is 5.60 Å². The molecule has 2 aliphatic rings. The molecule has 0 aromatic carbocycles. The Bertz CT molecular complexity index is 163. The SMILES string of the molecule is CN1CCCC2(CCCCO2)CC1. The van der Waals surface area contributed by atoms with Gasteiger partial charge in [0.15, 0.2) is 0 Å². The number of hydrogen-bond acceptors (Lipinski definition) is 2. The molecule has 0 aromatic heterocycles. The fraction of sp³-hybridized carbons (Fsp3) is 1.00. The van der Waals surface area contributed by atoms with E-state index >= 15 is 0 Å². The van der Waals surface area contributed by atoms with E-state index in [4.69, 9.17) is 4.74 Å². The zero-order valence-corrected chi connectivity index (χ0v) is 8.72. The van der Waals surface area contributed by atoms with Crippen LogP contribution >= 0.6 is 0 Å². The van der Waals surface area contributed by atoms with Crippen molar-refractivity contribution in [1.29, 1.82) is 0 Å². The first kappa shape index (κ1) is 9.47. The van der Waals surface area contributed by atoms with Crippen LogP contribution in [0.15, 0.2) is 0 Å². The lowest BCUT2D eigenvalue weighted by atomic mass is 9.87. The summed E-state index contributed by atoms with van der Waals surface area (Å²) in [5.74, 6) is 0. The predicted octanol–water partition coefficient (Wildman–Crippen LogP) is 2.04. The van der Waals surface area contributed by atoms with Gasteiger partial charge in [0, 0.05) is 13.2 Å². The molecule has 0 saturated carbocycles. The molecule has 0 N–H and O–H groups in total. The van der Waals surface area contributed by atoms with Gasteiger partial charge in [0.1, 0.15) is 0 Å². The Morgan fingerprint density at radius 3 is 2.62 bits per heavy atom. The second kappa shape index (κ2) is 3.97. The smallest absolute Gasteiger partial charge is 0.0695 e. The lowest BCUT2D eigenvalue weighted by Crippen LogP contribution is -2.37. The summed E-state index contributed by atoms with van der Waals surface area (Å²) in [5, 5.41) is 0. The minimum absolute atomic E-state index is 0.281. The Morgan fingerprint density at radius 1 is 1.00 bits per heavy atom. The Morgan fingerprint density at radius 2 is 1.85 bits per heavy atom. The Hall–Kier alpha value is -0.0800. The zero-order valence-electron chi connectivity index (χ0n) is 8.72. The van der Waals surface area contributed by atoms with E-state index in [0.29, 0.717) is 0 Å². The van der Waals surface area contributed by atoms with Crippen LogP contribution in [0, 0.1) is 0 Å². The van der Waals surface area contributed by atoms with Gasteiger partial charge in [-0.05, 0) is 52.1 Å². The molecule has 2 heteroatoms. The zero-order chi connectivity index (χ0) is 9.15. The fourth-order valence-corrected chi connectivity index (χ4v) is 2.61. The number of hydrogen-bond donors (Lipinski definition) is 0. The standard InChI is InChI=1S/C11H21NO/c1-12-8-4-6-11(7-9-12)5-2-3-10-13-11/h2-10H2,1H3. The monoisotopic (exact) mass is 183 g/mol. The van der Waals surface area contributed by atoms with E-state index in [-0.39, 0.29) is 5.60 Å². The summed E-state index contributed by atoms with van der Waals surface area (Å²) in [5.41, 5.74) is 0.281. The molecule has 2 heterocycles. The topological polar surface area (TPSA) is 12.5 Å². The lowest BCUT2D eigenvalue weighted by molar-refractivity contribution is -0.0863. The van der Waals surface area contributed by atoms with Crippen LogP contribution in [0.5, 0.6) is 0 Å². The van der Waals surface area contributed by atoms with E-state index in [1.165, 1.54) is 51.6 Å². The first-order valence-electron chi connectivity index (χ1n) is 5.63.